The zero-order chi connectivity index (χ0) is 22.5. The first kappa shape index (κ1) is 22.3. The number of rotatable bonds is 6. The van der Waals surface area contributed by atoms with E-state index < -0.39 is 0 Å². The molecule has 0 aliphatic carbocycles. The van der Waals surface area contributed by atoms with E-state index in [-0.39, 0.29) is 18.1 Å². The number of ether oxygens (including phenoxy) is 1. The Morgan fingerprint density at radius 2 is 1.94 bits per heavy atom. The van der Waals surface area contributed by atoms with Crippen molar-refractivity contribution < 1.29 is 9.53 Å². The molecular weight excluding hydrogens is 428 g/mol. The predicted octanol–water partition coefficient (Wildman–Crippen LogP) is 3.86. The van der Waals surface area contributed by atoms with Crippen molar-refractivity contribution in [2.75, 3.05) is 44.7 Å². The molecular formula is C24H27ClN4O3. The number of para-hydroxylation sites is 1. The molecule has 1 saturated heterocycles. The highest BCUT2D eigenvalue weighted by Gasteiger charge is 2.19. The fourth-order valence-corrected chi connectivity index (χ4v) is 3.95. The quantitative estimate of drug-likeness (QED) is 0.593. The van der Waals surface area contributed by atoms with E-state index in [0.717, 1.165) is 29.6 Å². The summed E-state index contributed by atoms with van der Waals surface area (Å²) in [6, 6.07) is 14.5. The molecule has 0 spiro atoms. The second-order valence-electron chi connectivity index (χ2n) is 7.98. The monoisotopic (exact) mass is 454 g/mol. The number of carbonyl (C=O) groups excluding carboxylic acids is 1. The van der Waals surface area contributed by atoms with Crippen molar-refractivity contribution in [3.8, 4) is 0 Å². The number of aryl methyl sites for hydroxylation is 1. The Hall–Kier alpha value is -2.87. The van der Waals surface area contributed by atoms with Crippen LogP contribution in [0.2, 0.25) is 5.02 Å². The second kappa shape index (κ2) is 10.2. The van der Waals surface area contributed by atoms with Gasteiger partial charge in [-0.15, -0.1) is 0 Å². The summed E-state index contributed by atoms with van der Waals surface area (Å²) in [6.07, 6.45) is 0. The molecule has 0 radical (unpaired) electrons. The molecule has 4 rings (SSSR count). The molecule has 2 amide bonds. The van der Waals surface area contributed by atoms with Gasteiger partial charge in [0.2, 0.25) is 0 Å². The number of hydrogen-bond donors (Lipinski definition) is 2. The number of amides is 2. The first-order valence-corrected chi connectivity index (χ1v) is 11.1. The summed E-state index contributed by atoms with van der Waals surface area (Å²) in [4.78, 5) is 32.8. The minimum Gasteiger partial charge on any atom is -0.379 e. The number of aromatic amines is 1. The van der Waals surface area contributed by atoms with Crippen LogP contribution in [0.3, 0.4) is 0 Å². The van der Waals surface area contributed by atoms with Crippen LogP contribution in [0, 0.1) is 6.92 Å². The lowest BCUT2D eigenvalue weighted by molar-refractivity contribution is 0.0349. The van der Waals surface area contributed by atoms with Gasteiger partial charge in [0.15, 0.2) is 0 Å². The summed E-state index contributed by atoms with van der Waals surface area (Å²) in [5.74, 6) is 0. The van der Waals surface area contributed by atoms with Crippen molar-refractivity contribution in [1.82, 2.24) is 14.8 Å². The van der Waals surface area contributed by atoms with Gasteiger partial charge in [0.05, 0.1) is 25.3 Å². The van der Waals surface area contributed by atoms with E-state index in [1.54, 1.807) is 29.2 Å². The van der Waals surface area contributed by atoms with Gasteiger partial charge in [-0.25, -0.2) is 4.79 Å². The third-order valence-corrected chi connectivity index (χ3v) is 5.95. The number of halogens is 1. The van der Waals surface area contributed by atoms with E-state index in [9.17, 15) is 9.59 Å². The number of urea groups is 1. The van der Waals surface area contributed by atoms with Gasteiger partial charge in [-0.05, 0) is 48.2 Å². The van der Waals surface area contributed by atoms with E-state index >= 15 is 0 Å². The average Bonchev–Trinajstić information content (AvgIpc) is 2.80. The van der Waals surface area contributed by atoms with Crippen LogP contribution >= 0.6 is 11.6 Å². The van der Waals surface area contributed by atoms with E-state index in [2.05, 4.69) is 15.2 Å². The number of nitrogens with zero attached hydrogens (tertiary/aromatic N) is 2. The zero-order valence-electron chi connectivity index (χ0n) is 18.1. The molecule has 2 heterocycles. The third-order valence-electron chi connectivity index (χ3n) is 5.70. The molecule has 7 nitrogen and oxygen atoms in total. The number of aromatic nitrogens is 1. The Morgan fingerprint density at radius 3 is 2.69 bits per heavy atom. The normalized spacial score (nSPS) is 14.4. The van der Waals surface area contributed by atoms with Gasteiger partial charge in [-0.2, -0.15) is 0 Å². The number of nitrogens with one attached hydrogen (secondary N) is 2. The number of hydrogen-bond acceptors (Lipinski definition) is 4. The molecule has 0 bridgehead atoms. The van der Waals surface area contributed by atoms with E-state index in [0.29, 0.717) is 42.6 Å². The van der Waals surface area contributed by atoms with Crippen LogP contribution in [-0.4, -0.2) is 60.2 Å². The van der Waals surface area contributed by atoms with Crippen LogP contribution in [0.1, 0.15) is 11.1 Å². The molecule has 2 aromatic carbocycles. The molecule has 1 aromatic heterocycles. The lowest BCUT2D eigenvalue weighted by Gasteiger charge is -2.30. The van der Waals surface area contributed by atoms with Gasteiger partial charge in [0.1, 0.15) is 0 Å². The minimum absolute atomic E-state index is 0.178. The fourth-order valence-electron chi connectivity index (χ4n) is 3.83. The molecule has 1 aliphatic heterocycles. The number of anilines is 1. The standard InChI is InChI=1S/C24H27ClN4O3/c1-17-3-2-4-18-15-19(23(30)27-22(17)18)16-29(10-9-28-11-13-32-14-12-28)24(31)26-21-7-5-20(25)6-8-21/h2-8,15H,9-14,16H2,1H3,(H,26,31)(H,27,30). The van der Waals surface area contributed by atoms with Crippen molar-refractivity contribution >= 4 is 34.2 Å². The molecule has 1 fully saturated rings. The molecule has 8 heteroatoms. The number of morpholine rings is 1. The van der Waals surface area contributed by atoms with E-state index in [1.807, 2.05) is 31.2 Å². The predicted molar refractivity (Wildman–Crippen MR) is 127 cm³/mol. The summed E-state index contributed by atoms with van der Waals surface area (Å²) in [5.41, 5.74) is 2.86. The number of carbonyl (C=O) groups is 1. The van der Waals surface area contributed by atoms with Gasteiger partial charge in [-0.3, -0.25) is 9.69 Å². The SMILES string of the molecule is Cc1cccc2cc(CN(CCN3CCOCC3)C(=O)Nc3ccc(Cl)cc3)c(=O)[nH]c12. The first-order valence-electron chi connectivity index (χ1n) is 10.7. The Bertz CT molecular complexity index is 1140. The number of benzene rings is 2. The average molecular weight is 455 g/mol. The number of fused-ring (bicyclic) bond motifs is 1. The molecule has 1 aliphatic rings. The lowest BCUT2D eigenvalue weighted by Crippen LogP contribution is -2.44. The van der Waals surface area contributed by atoms with E-state index in [4.69, 9.17) is 16.3 Å². The largest absolute Gasteiger partial charge is 0.379 e. The molecule has 0 unspecified atom stereocenters. The third kappa shape index (κ3) is 5.48. The Morgan fingerprint density at radius 1 is 1.19 bits per heavy atom. The van der Waals surface area contributed by atoms with Crippen LogP contribution in [0.4, 0.5) is 10.5 Å². The summed E-state index contributed by atoms with van der Waals surface area (Å²) < 4.78 is 5.41. The number of H-pyrrole nitrogens is 1. The molecule has 32 heavy (non-hydrogen) atoms. The maximum atomic E-state index is 13.1. The second-order valence-corrected chi connectivity index (χ2v) is 8.41. The fraction of sp³-hybridized carbons (Fsp3) is 0.333. The molecule has 3 aromatic rings. The highest BCUT2D eigenvalue weighted by atomic mass is 35.5. The van der Waals surface area contributed by atoms with Crippen LogP contribution in [0.25, 0.3) is 10.9 Å². The van der Waals surface area contributed by atoms with Crippen molar-refractivity contribution in [3.63, 3.8) is 0 Å². The zero-order valence-corrected chi connectivity index (χ0v) is 18.8. The summed E-state index contributed by atoms with van der Waals surface area (Å²) in [6.45, 7) is 6.44. The molecule has 0 atom stereocenters. The topological polar surface area (TPSA) is 77.7 Å². The van der Waals surface area contributed by atoms with Gasteiger partial charge >= 0.3 is 6.03 Å². The molecule has 2 N–H and O–H groups in total. The first-order chi connectivity index (χ1) is 15.5. The van der Waals surface area contributed by atoms with Crippen molar-refractivity contribution in [1.29, 1.82) is 0 Å². The van der Waals surface area contributed by atoms with Crippen LogP contribution in [0.5, 0.6) is 0 Å². The Kier molecular flexibility index (Phi) is 7.09. The van der Waals surface area contributed by atoms with Gasteiger partial charge in [0, 0.05) is 42.5 Å². The van der Waals surface area contributed by atoms with Crippen molar-refractivity contribution in [2.45, 2.75) is 13.5 Å². The smallest absolute Gasteiger partial charge is 0.322 e. The van der Waals surface area contributed by atoms with Crippen LogP contribution in [-0.2, 0) is 11.3 Å². The Labute approximate surface area is 191 Å². The van der Waals surface area contributed by atoms with Gasteiger partial charge in [-0.1, -0.05) is 29.8 Å². The summed E-state index contributed by atoms with van der Waals surface area (Å²) in [5, 5.41) is 4.47. The number of pyridine rings is 1. The summed E-state index contributed by atoms with van der Waals surface area (Å²) in [7, 11) is 0. The highest BCUT2D eigenvalue weighted by molar-refractivity contribution is 6.30. The summed E-state index contributed by atoms with van der Waals surface area (Å²) >= 11 is 5.95. The maximum absolute atomic E-state index is 13.1. The Balaban J connectivity index is 1.55. The molecule has 0 saturated carbocycles. The van der Waals surface area contributed by atoms with Gasteiger partial charge < -0.3 is 19.9 Å². The van der Waals surface area contributed by atoms with Crippen molar-refractivity contribution in [3.05, 3.63) is 75.0 Å². The highest BCUT2D eigenvalue weighted by Crippen LogP contribution is 2.17. The van der Waals surface area contributed by atoms with Gasteiger partial charge in [0.25, 0.3) is 5.56 Å². The lowest BCUT2D eigenvalue weighted by atomic mass is 10.1. The molecule has 168 valence electrons. The maximum Gasteiger partial charge on any atom is 0.322 e. The van der Waals surface area contributed by atoms with Crippen molar-refractivity contribution in [2.24, 2.45) is 0 Å². The minimum atomic E-state index is -0.260. The van der Waals surface area contributed by atoms with Crippen LogP contribution < -0.4 is 10.9 Å². The van der Waals surface area contributed by atoms with Crippen LogP contribution in [0.15, 0.2) is 53.3 Å². The van der Waals surface area contributed by atoms with E-state index in [1.165, 1.54) is 0 Å².